The number of Topliss-reactive ketones (excluding diaryl/α,β-unsaturated/α-hetero) is 1. The highest BCUT2D eigenvalue weighted by Gasteiger charge is 2.82. The lowest BCUT2D eigenvalue weighted by Gasteiger charge is -2.53. The Labute approximate surface area is 220 Å². The molecule has 0 unspecified atom stereocenters. The van der Waals surface area contributed by atoms with Crippen LogP contribution in [0.15, 0.2) is 47.6 Å². The summed E-state index contributed by atoms with van der Waals surface area (Å²) in [6, 6.07) is 6.74. The van der Waals surface area contributed by atoms with Gasteiger partial charge in [-0.15, -0.1) is 0 Å². The molecule has 1 spiro atoms. The van der Waals surface area contributed by atoms with Gasteiger partial charge in [-0.3, -0.25) is 9.59 Å². The monoisotopic (exact) mass is 503 g/mol. The Morgan fingerprint density at radius 3 is 2.35 bits per heavy atom. The van der Waals surface area contributed by atoms with Gasteiger partial charge in [-0.05, 0) is 73.5 Å². The van der Waals surface area contributed by atoms with Gasteiger partial charge in [-0.25, -0.2) is 0 Å². The van der Waals surface area contributed by atoms with Gasteiger partial charge in [0.05, 0.1) is 0 Å². The summed E-state index contributed by atoms with van der Waals surface area (Å²) in [5.41, 5.74) is -0.445. The van der Waals surface area contributed by atoms with E-state index >= 15 is 0 Å². The first kappa shape index (κ1) is 24.9. The van der Waals surface area contributed by atoms with Gasteiger partial charge in [0.2, 0.25) is 5.91 Å². The lowest BCUT2D eigenvalue weighted by atomic mass is 9.48. The molecular formula is C32H41NO4. The van der Waals surface area contributed by atoms with Gasteiger partial charge in [0.25, 0.3) is 0 Å². The molecular weight excluding hydrogens is 462 g/mol. The first-order valence-electron chi connectivity index (χ1n) is 14.0. The average Bonchev–Trinajstić information content (AvgIpc) is 3.16. The number of aromatic hydroxyl groups is 1. The number of carbonyl (C=O) groups is 2. The average molecular weight is 504 g/mol. The zero-order valence-corrected chi connectivity index (χ0v) is 23.0. The molecule has 37 heavy (non-hydrogen) atoms. The molecule has 1 aromatic carbocycles. The van der Waals surface area contributed by atoms with Crippen molar-refractivity contribution in [2.24, 2.45) is 51.8 Å². The highest BCUT2D eigenvalue weighted by atomic mass is 16.3. The molecule has 6 rings (SSSR count). The summed E-state index contributed by atoms with van der Waals surface area (Å²) in [5.74, 6) is -0.241. The van der Waals surface area contributed by atoms with Gasteiger partial charge in [0.1, 0.15) is 16.9 Å². The van der Waals surface area contributed by atoms with E-state index in [0.29, 0.717) is 5.92 Å². The van der Waals surface area contributed by atoms with Crippen LogP contribution in [0.5, 0.6) is 5.75 Å². The highest BCUT2D eigenvalue weighted by molar-refractivity contribution is 6.13. The number of nitrogens with one attached hydrogen (secondary N) is 1. The highest BCUT2D eigenvalue weighted by Crippen LogP contribution is 2.74. The molecule has 0 radical (unpaired) electrons. The van der Waals surface area contributed by atoms with Crippen LogP contribution in [0.3, 0.4) is 0 Å². The molecule has 1 aromatic rings. The second kappa shape index (κ2) is 7.59. The number of fused-ring (bicyclic) bond motifs is 4. The number of benzene rings is 1. The zero-order chi connectivity index (χ0) is 26.7. The minimum Gasteiger partial charge on any atom is -0.508 e. The quantitative estimate of drug-likeness (QED) is 0.384. The fraction of sp³-hybridized carbons (Fsp3) is 0.625. The summed E-state index contributed by atoms with van der Waals surface area (Å²) in [6.07, 6.45) is 8.05. The molecule has 10 atom stereocenters. The van der Waals surface area contributed by atoms with E-state index in [-0.39, 0.29) is 52.9 Å². The zero-order valence-electron chi connectivity index (χ0n) is 23.0. The number of allylic oxidation sites excluding steroid dienone is 4. The topological polar surface area (TPSA) is 86.6 Å². The third-order valence-electron chi connectivity index (χ3n) is 11.5. The molecule has 1 saturated heterocycles. The summed E-state index contributed by atoms with van der Waals surface area (Å²) in [4.78, 5) is 29.3. The van der Waals surface area contributed by atoms with Crippen LogP contribution >= 0.6 is 0 Å². The van der Waals surface area contributed by atoms with Gasteiger partial charge in [-0.1, -0.05) is 69.5 Å². The molecule has 1 aliphatic heterocycles. The molecule has 5 heteroatoms. The number of amides is 1. The maximum atomic E-state index is 15.0. The maximum Gasteiger partial charge on any atom is 0.237 e. The second-order valence-electron chi connectivity index (χ2n) is 13.7. The van der Waals surface area contributed by atoms with E-state index in [1.807, 2.05) is 0 Å². The fourth-order valence-electron chi connectivity index (χ4n) is 10.3. The molecule has 0 aromatic heterocycles. The number of hydrogen-bond donors (Lipinski definition) is 3. The van der Waals surface area contributed by atoms with Gasteiger partial charge < -0.3 is 15.5 Å². The third-order valence-corrected chi connectivity index (χ3v) is 11.5. The van der Waals surface area contributed by atoms with Crippen LogP contribution in [-0.2, 0) is 16.0 Å². The van der Waals surface area contributed by atoms with Crippen molar-refractivity contribution < 1.29 is 19.8 Å². The van der Waals surface area contributed by atoms with E-state index in [2.05, 4.69) is 59.0 Å². The number of phenols is 1. The predicted molar refractivity (Wildman–Crippen MR) is 142 cm³/mol. The molecule has 5 nitrogen and oxygen atoms in total. The summed E-state index contributed by atoms with van der Waals surface area (Å²) in [5, 5.41) is 25.0. The molecule has 0 bridgehead atoms. The number of rotatable bonds is 2. The van der Waals surface area contributed by atoms with Gasteiger partial charge in [0, 0.05) is 23.7 Å². The fourth-order valence-corrected chi connectivity index (χ4v) is 10.3. The summed E-state index contributed by atoms with van der Waals surface area (Å²) in [7, 11) is 0. The summed E-state index contributed by atoms with van der Waals surface area (Å²) < 4.78 is 0. The molecule has 3 fully saturated rings. The van der Waals surface area contributed by atoms with Crippen LogP contribution in [0.2, 0.25) is 0 Å². The number of phenolic OH excluding ortho intramolecular Hbond substituents is 1. The maximum absolute atomic E-state index is 15.0. The van der Waals surface area contributed by atoms with Gasteiger partial charge >= 0.3 is 0 Å². The minimum absolute atomic E-state index is 0.0433. The van der Waals surface area contributed by atoms with Crippen molar-refractivity contribution in [3.05, 3.63) is 53.1 Å². The van der Waals surface area contributed by atoms with Gasteiger partial charge in [0.15, 0.2) is 5.78 Å². The van der Waals surface area contributed by atoms with E-state index in [1.165, 1.54) is 5.57 Å². The number of ketones is 1. The number of carbonyl (C=O) groups excluding carboxylic acids is 2. The largest absolute Gasteiger partial charge is 0.508 e. The Balaban J connectivity index is 1.54. The number of hydrogen-bond acceptors (Lipinski definition) is 4. The molecule has 1 amide bonds. The first-order valence-corrected chi connectivity index (χ1v) is 14.0. The van der Waals surface area contributed by atoms with Crippen molar-refractivity contribution in [1.82, 2.24) is 5.32 Å². The molecule has 198 valence electrons. The lowest BCUT2D eigenvalue weighted by molar-refractivity contribution is -0.151. The van der Waals surface area contributed by atoms with Gasteiger partial charge in [-0.2, -0.15) is 0 Å². The van der Waals surface area contributed by atoms with Crippen LogP contribution in [0.4, 0.5) is 0 Å². The van der Waals surface area contributed by atoms with E-state index in [0.717, 1.165) is 30.4 Å². The van der Waals surface area contributed by atoms with E-state index in [9.17, 15) is 19.8 Å². The van der Waals surface area contributed by atoms with Crippen molar-refractivity contribution in [2.45, 2.75) is 73.0 Å². The molecule has 1 heterocycles. The van der Waals surface area contributed by atoms with Crippen molar-refractivity contribution in [3.63, 3.8) is 0 Å². The van der Waals surface area contributed by atoms with E-state index in [1.54, 1.807) is 24.3 Å². The molecule has 2 saturated carbocycles. The Kier molecular flexibility index (Phi) is 5.11. The van der Waals surface area contributed by atoms with Crippen LogP contribution in [-0.4, -0.2) is 27.6 Å². The summed E-state index contributed by atoms with van der Waals surface area (Å²) in [6.45, 7) is 13.1. The van der Waals surface area contributed by atoms with E-state index < -0.39 is 22.5 Å². The Morgan fingerprint density at radius 2 is 1.68 bits per heavy atom. The van der Waals surface area contributed by atoms with Crippen molar-refractivity contribution in [2.75, 3.05) is 0 Å². The first-order chi connectivity index (χ1) is 17.3. The molecule has 3 N–H and O–H groups in total. The van der Waals surface area contributed by atoms with E-state index in [4.69, 9.17) is 0 Å². The smallest absolute Gasteiger partial charge is 0.237 e. The lowest BCUT2D eigenvalue weighted by Crippen LogP contribution is -2.57. The van der Waals surface area contributed by atoms with Crippen LogP contribution in [0.25, 0.3) is 0 Å². The van der Waals surface area contributed by atoms with Crippen LogP contribution < -0.4 is 5.32 Å². The van der Waals surface area contributed by atoms with Crippen molar-refractivity contribution in [3.8, 4) is 5.75 Å². The SMILES string of the molecule is CC1=C[C@@]2(C)[C@H]3C(C)=C[C@@]4(C)C[C@@H](C)CC[C@@H]4[C@H]3C(=O)[C@]23C(=O)N[C@@](O)(Cc2ccc(O)cc2)[C@@H]3[C@H]1C. The van der Waals surface area contributed by atoms with Crippen LogP contribution in [0, 0.1) is 51.8 Å². The van der Waals surface area contributed by atoms with Crippen molar-refractivity contribution >= 4 is 11.7 Å². The Hall–Kier alpha value is -2.40. The molecule has 4 aliphatic carbocycles. The predicted octanol–water partition coefficient (Wildman–Crippen LogP) is 5.18. The standard InChI is InChI=1S/C32H41NO4/c1-17-7-12-23-24-25(19(3)14-29(23,5)13-17)30(6)15-18(2)20(4)26-31(37,16-21-8-10-22(34)11-9-21)33-28(36)32(26,30)27(24)35/h8-11,14-15,17,20,23-26,34,37H,7,12-13,16H2,1-6H3,(H,33,36)/t17-,20-,23+,24+,25-,26-,29+,30-,31+,32+/m0/s1. The van der Waals surface area contributed by atoms with Crippen LogP contribution in [0.1, 0.15) is 66.4 Å². The third kappa shape index (κ3) is 2.95. The second-order valence-corrected chi connectivity index (χ2v) is 13.7. The number of aliphatic hydroxyl groups is 1. The molecule has 5 aliphatic rings. The normalized spacial score (nSPS) is 48.3. The Bertz CT molecular complexity index is 1250. The minimum atomic E-state index is -1.56. The Morgan fingerprint density at radius 1 is 1.00 bits per heavy atom. The summed E-state index contributed by atoms with van der Waals surface area (Å²) >= 11 is 0. The van der Waals surface area contributed by atoms with Crippen molar-refractivity contribution in [1.29, 1.82) is 0 Å².